The van der Waals surface area contributed by atoms with E-state index >= 15 is 0 Å². The van der Waals surface area contributed by atoms with Crippen molar-refractivity contribution in [3.8, 4) is 17.1 Å². The van der Waals surface area contributed by atoms with Crippen LogP contribution in [0, 0.1) is 6.92 Å². The number of furan rings is 1. The monoisotopic (exact) mass is 223 g/mol. The minimum Gasteiger partial charge on any atom is -0.422 e. The van der Waals surface area contributed by atoms with E-state index in [9.17, 15) is 5.11 Å². The number of rotatable bonds is 1. The highest BCUT2D eigenvalue weighted by molar-refractivity contribution is 5.97. The number of hydrogen-bond donors (Lipinski definition) is 0. The minimum atomic E-state index is -0.267. The molecule has 0 aliphatic carbocycles. The fourth-order valence-corrected chi connectivity index (χ4v) is 2.07. The van der Waals surface area contributed by atoms with Gasteiger partial charge in [-0.2, -0.15) is 0 Å². The second-order valence-electron chi connectivity index (χ2n) is 4.13. The molecule has 0 saturated heterocycles. The Hall–Kier alpha value is -2.22. The molecular formula is C15H11O2. The van der Waals surface area contributed by atoms with Crippen molar-refractivity contribution in [2.45, 2.75) is 6.92 Å². The third-order valence-electron chi connectivity index (χ3n) is 2.87. The van der Waals surface area contributed by atoms with E-state index in [2.05, 4.69) is 0 Å². The maximum atomic E-state index is 11.9. The summed E-state index contributed by atoms with van der Waals surface area (Å²) in [5.74, 6) is -0.267. The zero-order valence-corrected chi connectivity index (χ0v) is 9.44. The average molecular weight is 223 g/mol. The molecule has 2 heteroatoms. The van der Waals surface area contributed by atoms with Crippen LogP contribution < -0.4 is 0 Å². The summed E-state index contributed by atoms with van der Waals surface area (Å²) >= 11 is 0. The van der Waals surface area contributed by atoms with E-state index in [0.29, 0.717) is 11.1 Å². The molecule has 0 unspecified atom stereocenters. The van der Waals surface area contributed by atoms with Crippen LogP contribution in [-0.2, 0) is 5.11 Å². The summed E-state index contributed by atoms with van der Waals surface area (Å²) in [6.45, 7) is 2.01. The number of aryl methyl sites for hydroxylation is 1. The van der Waals surface area contributed by atoms with Gasteiger partial charge in [0.25, 0.3) is 0 Å². The van der Waals surface area contributed by atoms with Crippen molar-refractivity contribution in [2.24, 2.45) is 0 Å². The Morgan fingerprint density at radius 2 is 1.76 bits per heavy atom. The molecule has 17 heavy (non-hydrogen) atoms. The third-order valence-corrected chi connectivity index (χ3v) is 2.87. The van der Waals surface area contributed by atoms with Crippen molar-refractivity contribution < 1.29 is 9.52 Å². The van der Waals surface area contributed by atoms with Crippen LogP contribution >= 0.6 is 0 Å². The molecule has 1 heterocycles. The molecule has 1 radical (unpaired) electrons. The molecule has 1 aromatic heterocycles. The molecule has 0 saturated carbocycles. The van der Waals surface area contributed by atoms with Crippen LogP contribution in [0.25, 0.3) is 22.1 Å². The molecule has 0 aliphatic heterocycles. The van der Waals surface area contributed by atoms with Gasteiger partial charge >= 0.3 is 5.95 Å². The Bertz CT molecular complexity index is 666. The van der Waals surface area contributed by atoms with Crippen LogP contribution in [0.3, 0.4) is 0 Å². The van der Waals surface area contributed by atoms with Gasteiger partial charge in [-0.3, -0.25) is 0 Å². The Morgan fingerprint density at radius 3 is 2.53 bits per heavy atom. The van der Waals surface area contributed by atoms with E-state index in [1.165, 1.54) is 0 Å². The highest BCUT2D eigenvalue weighted by Crippen LogP contribution is 2.39. The molecule has 0 amide bonds. The summed E-state index contributed by atoms with van der Waals surface area (Å²) in [6.07, 6.45) is 0. The van der Waals surface area contributed by atoms with E-state index in [1.54, 1.807) is 0 Å². The first-order chi connectivity index (χ1) is 8.25. The van der Waals surface area contributed by atoms with Crippen molar-refractivity contribution in [1.82, 2.24) is 0 Å². The van der Waals surface area contributed by atoms with E-state index in [0.717, 1.165) is 16.5 Å². The highest BCUT2D eigenvalue weighted by Gasteiger charge is 2.16. The molecule has 0 aliphatic rings. The third kappa shape index (κ3) is 1.58. The Morgan fingerprint density at radius 1 is 1.00 bits per heavy atom. The Kier molecular flexibility index (Phi) is 2.15. The summed E-state index contributed by atoms with van der Waals surface area (Å²) in [5.41, 5.74) is 3.33. The van der Waals surface area contributed by atoms with Crippen LogP contribution in [0.4, 0.5) is 0 Å². The van der Waals surface area contributed by atoms with Crippen LogP contribution in [-0.4, -0.2) is 0 Å². The fraction of sp³-hybridized carbons (Fsp3) is 0.0667. The topological polar surface area (TPSA) is 33.0 Å². The van der Waals surface area contributed by atoms with Crippen molar-refractivity contribution in [1.29, 1.82) is 0 Å². The van der Waals surface area contributed by atoms with Crippen LogP contribution in [0.15, 0.2) is 52.9 Å². The van der Waals surface area contributed by atoms with Crippen molar-refractivity contribution in [2.75, 3.05) is 0 Å². The standard InChI is InChI=1S/C15H11O2/c1-10-7-8-13-12(9-10)14(15(16)17-13)11-5-3-2-4-6-11/h2-9H,1H3. The van der Waals surface area contributed by atoms with Crippen molar-refractivity contribution in [3.05, 3.63) is 54.1 Å². The first-order valence-electron chi connectivity index (χ1n) is 5.51. The molecule has 2 nitrogen and oxygen atoms in total. The summed E-state index contributed by atoms with van der Waals surface area (Å²) < 4.78 is 5.25. The predicted octanol–water partition coefficient (Wildman–Crippen LogP) is 4.55. The van der Waals surface area contributed by atoms with Gasteiger partial charge in [0.1, 0.15) is 5.58 Å². The van der Waals surface area contributed by atoms with Crippen LogP contribution in [0.5, 0.6) is 5.95 Å². The second kappa shape index (κ2) is 3.67. The molecule has 2 aromatic carbocycles. The maximum absolute atomic E-state index is 11.9. The van der Waals surface area contributed by atoms with Gasteiger partial charge in [0.2, 0.25) is 0 Å². The first-order valence-corrected chi connectivity index (χ1v) is 5.51. The van der Waals surface area contributed by atoms with Gasteiger partial charge in [0, 0.05) is 5.39 Å². The van der Waals surface area contributed by atoms with E-state index in [1.807, 2.05) is 55.5 Å². The normalized spacial score (nSPS) is 10.9. The van der Waals surface area contributed by atoms with Gasteiger partial charge in [-0.15, -0.1) is 0 Å². The molecule has 0 atom stereocenters. The second-order valence-corrected chi connectivity index (χ2v) is 4.13. The molecule has 0 spiro atoms. The predicted molar refractivity (Wildman–Crippen MR) is 66.5 cm³/mol. The maximum Gasteiger partial charge on any atom is 0.344 e. The van der Waals surface area contributed by atoms with Crippen LogP contribution in [0.1, 0.15) is 5.56 Å². The van der Waals surface area contributed by atoms with Gasteiger partial charge in [0.05, 0.1) is 5.56 Å². The summed E-state index contributed by atoms with van der Waals surface area (Å²) in [5, 5.41) is 12.8. The zero-order chi connectivity index (χ0) is 11.8. The van der Waals surface area contributed by atoms with E-state index in [4.69, 9.17) is 4.42 Å². The molecule has 0 bridgehead atoms. The van der Waals surface area contributed by atoms with Gasteiger partial charge in [-0.25, -0.2) is 5.11 Å². The average Bonchev–Trinajstić information content (AvgIpc) is 2.65. The largest absolute Gasteiger partial charge is 0.422 e. The number of fused-ring (bicyclic) bond motifs is 1. The van der Waals surface area contributed by atoms with Gasteiger partial charge in [-0.05, 0) is 24.6 Å². The number of hydrogen-bond acceptors (Lipinski definition) is 1. The highest BCUT2D eigenvalue weighted by atomic mass is 16.5. The Labute approximate surface area is 99.1 Å². The SMILES string of the molecule is Cc1ccc2oc([O])c(-c3ccccc3)c2c1. The van der Waals surface area contributed by atoms with Crippen molar-refractivity contribution in [3.63, 3.8) is 0 Å². The molecule has 0 fully saturated rings. The lowest BCUT2D eigenvalue weighted by Gasteiger charge is -1.98. The molecular weight excluding hydrogens is 212 g/mol. The van der Waals surface area contributed by atoms with E-state index < -0.39 is 0 Å². The van der Waals surface area contributed by atoms with Gasteiger partial charge in [0.15, 0.2) is 0 Å². The zero-order valence-electron chi connectivity index (χ0n) is 9.44. The smallest absolute Gasteiger partial charge is 0.344 e. The summed E-state index contributed by atoms with van der Waals surface area (Å²) in [4.78, 5) is 0. The van der Waals surface area contributed by atoms with Gasteiger partial charge < -0.3 is 4.42 Å². The van der Waals surface area contributed by atoms with E-state index in [-0.39, 0.29) is 5.95 Å². The lowest BCUT2D eigenvalue weighted by molar-refractivity contribution is 0.263. The van der Waals surface area contributed by atoms with Gasteiger partial charge in [-0.1, -0.05) is 42.0 Å². The first kappa shape index (κ1) is 9.97. The fourth-order valence-electron chi connectivity index (χ4n) is 2.07. The summed E-state index contributed by atoms with van der Waals surface area (Å²) in [7, 11) is 0. The van der Waals surface area contributed by atoms with Crippen molar-refractivity contribution >= 4 is 11.0 Å². The lowest BCUT2D eigenvalue weighted by Crippen LogP contribution is -1.76. The minimum absolute atomic E-state index is 0.267. The molecule has 83 valence electrons. The molecule has 3 aromatic rings. The lowest BCUT2D eigenvalue weighted by atomic mass is 10.0. The quantitative estimate of drug-likeness (QED) is 0.595. The molecule has 3 rings (SSSR count). The molecule has 0 N–H and O–H groups in total. The summed E-state index contributed by atoms with van der Waals surface area (Å²) in [6, 6.07) is 15.4. The van der Waals surface area contributed by atoms with Crippen LogP contribution in [0.2, 0.25) is 0 Å². The number of benzene rings is 2. The Balaban J connectivity index is 2.35.